The number of amides is 1. The van der Waals surface area contributed by atoms with Gasteiger partial charge in [-0.25, -0.2) is 0 Å². The molecule has 21 heavy (non-hydrogen) atoms. The van der Waals surface area contributed by atoms with Crippen LogP contribution in [-0.4, -0.2) is 27.8 Å². The zero-order valence-corrected chi connectivity index (χ0v) is 13.3. The van der Waals surface area contributed by atoms with Crippen LogP contribution in [0.25, 0.3) is 0 Å². The molecule has 1 unspecified atom stereocenters. The van der Waals surface area contributed by atoms with Crippen LogP contribution in [0.4, 0.5) is 5.13 Å². The lowest BCUT2D eigenvalue weighted by Gasteiger charge is -2.19. The first-order valence-electron chi connectivity index (χ1n) is 6.84. The third-order valence-electron chi connectivity index (χ3n) is 2.95. The minimum Gasteiger partial charge on any atom is -0.377 e. The lowest BCUT2D eigenvalue weighted by atomic mass is 10.0. The number of carbonyl (C=O) groups excluding carboxylic acids is 1. The minimum absolute atomic E-state index is 0.0694. The second-order valence-electron chi connectivity index (χ2n) is 5.20. The number of ether oxygens (including phenoxy) is 1. The highest BCUT2D eigenvalue weighted by Gasteiger charge is 2.22. The summed E-state index contributed by atoms with van der Waals surface area (Å²) in [7, 11) is 1.60. The fraction of sp³-hybridized carbons (Fsp3) is 0.500. The van der Waals surface area contributed by atoms with Gasteiger partial charge in [0.25, 0.3) is 0 Å². The zero-order valence-electron chi connectivity index (χ0n) is 12.4. The summed E-state index contributed by atoms with van der Waals surface area (Å²) in [6, 6.07) is 3.60. The number of methoxy groups -OCH3 is 1. The maximum Gasteiger partial charge on any atom is 0.249 e. The van der Waals surface area contributed by atoms with Crippen LogP contribution in [0.2, 0.25) is 0 Å². The van der Waals surface area contributed by atoms with E-state index in [1.807, 2.05) is 29.1 Å². The molecule has 0 aliphatic rings. The Balaban J connectivity index is 2.07. The zero-order chi connectivity index (χ0) is 15.2. The third-order valence-corrected chi connectivity index (χ3v) is 3.76. The number of hydrogen-bond donors (Lipinski definition) is 1. The Bertz CT molecular complexity index is 565. The van der Waals surface area contributed by atoms with Gasteiger partial charge in [0.2, 0.25) is 11.0 Å². The minimum atomic E-state index is -0.241. The summed E-state index contributed by atoms with van der Waals surface area (Å²) in [5.74, 6) is 0.349. The molecule has 0 aliphatic heterocycles. The van der Waals surface area contributed by atoms with E-state index in [0.29, 0.717) is 17.7 Å². The van der Waals surface area contributed by atoms with Crippen molar-refractivity contribution in [2.24, 2.45) is 5.92 Å². The lowest BCUT2D eigenvalue weighted by molar-refractivity contribution is -0.119. The largest absolute Gasteiger partial charge is 0.377 e. The molecule has 2 aromatic heterocycles. The van der Waals surface area contributed by atoms with Crippen LogP contribution in [0.15, 0.2) is 24.5 Å². The van der Waals surface area contributed by atoms with Crippen LogP contribution in [0.1, 0.15) is 31.3 Å². The van der Waals surface area contributed by atoms with Gasteiger partial charge >= 0.3 is 0 Å². The number of aromatic nitrogens is 3. The molecule has 1 amide bonds. The van der Waals surface area contributed by atoms with Gasteiger partial charge in [-0.15, -0.1) is 10.2 Å². The van der Waals surface area contributed by atoms with E-state index < -0.39 is 0 Å². The quantitative estimate of drug-likeness (QED) is 0.854. The summed E-state index contributed by atoms with van der Waals surface area (Å²) in [5.41, 5.74) is 0. The Morgan fingerprint density at radius 3 is 2.71 bits per heavy atom. The number of hydrogen-bond acceptors (Lipinski definition) is 5. The first-order valence-corrected chi connectivity index (χ1v) is 7.66. The van der Waals surface area contributed by atoms with E-state index in [4.69, 9.17) is 4.74 Å². The highest BCUT2D eigenvalue weighted by Crippen LogP contribution is 2.22. The highest BCUT2D eigenvalue weighted by molar-refractivity contribution is 7.15. The van der Waals surface area contributed by atoms with Crippen molar-refractivity contribution in [3.63, 3.8) is 0 Å². The topological polar surface area (TPSA) is 69.0 Å². The third kappa shape index (κ3) is 4.37. The fourth-order valence-electron chi connectivity index (χ4n) is 2.04. The van der Waals surface area contributed by atoms with E-state index in [9.17, 15) is 4.79 Å². The normalized spacial score (nSPS) is 12.6. The molecule has 0 aliphatic carbocycles. The van der Waals surface area contributed by atoms with E-state index in [1.54, 1.807) is 7.11 Å². The second kappa shape index (κ2) is 7.33. The van der Waals surface area contributed by atoms with Crippen molar-refractivity contribution >= 4 is 22.4 Å². The summed E-state index contributed by atoms with van der Waals surface area (Å²) in [6.45, 7) is 4.61. The maximum atomic E-state index is 12.5. The molecule has 2 aromatic rings. The average Bonchev–Trinajstić information content (AvgIpc) is 3.08. The molecule has 6 nitrogen and oxygen atoms in total. The summed E-state index contributed by atoms with van der Waals surface area (Å²) >= 11 is 1.33. The van der Waals surface area contributed by atoms with Gasteiger partial charge in [-0.3, -0.25) is 10.1 Å². The molecule has 2 heterocycles. The summed E-state index contributed by atoms with van der Waals surface area (Å²) < 4.78 is 6.92. The summed E-state index contributed by atoms with van der Waals surface area (Å²) in [5, 5.41) is 12.0. The Hall–Kier alpha value is -1.73. The number of nitrogens with one attached hydrogen (secondary N) is 1. The molecular weight excluding hydrogens is 288 g/mol. The molecule has 0 fully saturated rings. The van der Waals surface area contributed by atoms with Crippen LogP contribution < -0.4 is 5.32 Å². The molecule has 1 N–H and O–H groups in total. The van der Waals surface area contributed by atoms with Crippen molar-refractivity contribution in [3.05, 3.63) is 29.5 Å². The standard InChI is InChI=1S/C14H20N4O2S/c1-10(2)8-11(18-6-4-5-7-18)13(19)15-14-17-16-12(21-14)9-20-3/h4-7,10-11H,8-9H2,1-3H3,(H,15,17,19). The molecule has 0 aromatic carbocycles. The summed E-state index contributed by atoms with van der Waals surface area (Å²) in [6.07, 6.45) is 4.58. The lowest BCUT2D eigenvalue weighted by Crippen LogP contribution is -2.26. The molecule has 0 spiro atoms. The molecule has 2 rings (SSSR count). The van der Waals surface area contributed by atoms with Crippen molar-refractivity contribution in [2.75, 3.05) is 12.4 Å². The van der Waals surface area contributed by atoms with Gasteiger partial charge in [0.05, 0.1) is 0 Å². The van der Waals surface area contributed by atoms with Crippen molar-refractivity contribution in [1.82, 2.24) is 14.8 Å². The van der Waals surface area contributed by atoms with Crippen LogP contribution in [0.3, 0.4) is 0 Å². The molecule has 0 saturated heterocycles. The van der Waals surface area contributed by atoms with E-state index in [0.717, 1.165) is 11.4 Å². The molecule has 7 heteroatoms. The van der Waals surface area contributed by atoms with E-state index in [1.165, 1.54) is 11.3 Å². The SMILES string of the molecule is COCc1nnc(NC(=O)C(CC(C)C)n2cccc2)s1. The van der Waals surface area contributed by atoms with E-state index in [-0.39, 0.29) is 11.9 Å². The van der Waals surface area contributed by atoms with Gasteiger partial charge in [-0.1, -0.05) is 25.2 Å². The number of nitrogens with zero attached hydrogens (tertiary/aromatic N) is 3. The second-order valence-corrected chi connectivity index (χ2v) is 6.26. The molecular formula is C14H20N4O2S. The first kappa shape index (κ1) is 15.7. The Kier molecular flexibility index (Phi) is 5.46. The van der Waals surface area contributed by atoms with Gasteiger partial charge in [-0.05, 0) is 24.5 Å². The first-order chi connectivity index (χ1) is 10.1. The maximum absolute atomic E-state index is 12.5. The Labute approximate surface area is 128 Å². The van der Waals surface area contributed by atoms with Gasteiger partial charge in [0.15, 0.2) is 0 Å². The predicted molar refractivity (Wildman–Crippen MR) is 82.2 cm³/mol. The van der Waals surface area contributed by atoms with Gasteiger partial charge in [0, 0.05) is 19.5 Å². The molecule has 0 bridgehead atoms. The fourth-order valence-corrected chi connectivity index (χ4v) is 2.76. The van der Waals surface area contributed by atoms with Crippen LogP contribution in [0, 0.1) is 5.92 Å². The van der Waals surface area contributed by atoms with Gasteiger partial charge in [-0.2, -0.15) is 0 Å². The van der Waals surface area contributed by atoms with Crippen LogP contribution in [-0.2, 0) is 16.1 Å². The van der Waals surface area contributed by atoms with E-state index in [2.05, 4.69) is 29.4 Å². The summed E-state index contributed by atoms with van der Waals surface area (Å²) in [4.78, 5) is 12.5. The van der Waals surface area contributed by atoms with Crippen molar-refractivity contribution in [2.45, 2.75) is 32.9 Å². The van der Waals surface area contributed by atoms with Gasteiger partial charge in [0.1, 0.15) is 17.7 Å². The van der Waals surface area contributed by atoms with Gasteiger partial charge < -0.3 is 9.30 Å². The van der Waals surface area contributed by atoms with Crippen molar-refractivity contribution < 1.29 is 9.53 Å². The highest BCUT2D eigenvalue weighted by atomic mass is 32.1. The van der Waals surface area contributed by atoms with Crippen molar-refractivity contribution in [1.29, 1.82) is 0 Å². The predicted octanol–water partition coefficient (Wildman–Crippen LogP) is 2.71. The molecule has 0 saturated carbocycles. The van der Waals surface area contributed by atoms with E-state index >= 15 is 0 Å². The van der Waals surface area contributed by atoms with Crippen LogP contribution >= 0.6 is 11.3 Å². The van der Waals surface area contributed by atoms with Crippen LogP contribution in [0.5, 0.6) is 0 Å². The number of carbonyl (C=O) groups is 1. The average molecular weight is 308 g/mol. The molecule has 1 atom stereocenters. The monoisotopic (exact) mass is 308 g/mol. The smallest absolute Gasteiger partial charge is 0.249 e. The number of rotatable bonds is 7. The van der Waals surface area contributed by atoms with Crippen molar-refractivity contribution in [3.8, 4) is 0 Å². The number of anilines is 1. The Morgan fingerprint density at radius 1 is 1.38 bits per heavy atom. The molecule has 0 radical (unpaired) electrons. The Morgan fingerprint density at radius 2 is 2.10 bits per heavy atom. The molecule has 114 valence electrons.